The van der Waals surface area contributed by atoms with Crippen molar-refractivity contribution in [2.24, 2.45) is 0 Å². The zero-order chi connectivity index (χ0) is 12.9. The molecule has 1 aromatic heterocycles. The lowest BCUT2D eigenvalue weighted by Crippen LogP contribution is -2.16. The van der Waals surface area contributed by atoms with Crippen LogP contribution in [-0.2, 0) is 6.61 Å². The summed E-state index contributed by atoms with van der Waals surface area (Å²) in [5.41, 5.74) is 0.720. The molecule has 1 aliphatic heterocycles. The SMILES string of the molecule is Cc1cc(=O)c2c(o1)-c1cc(O)c(O)cc1OC2. The molecule has 1 aromatic carbocycles. The standard InChI is InChI=1S/C13H10O5/c1-6-2-9(14)8-5-17-12-4-11(16)10(15)3-7(12)13(8)18-6/h2-4,15-16H,5H2,1H3. The lowest BCUT2D eigenvalue weighted by atomic mass is 10.0. The summed E-state index contributed by atoms with van der Waals surface area (Å²) >= 11 is 0. The van der Waals surface area contributed by atoms with Crippen molar-refractivity contribution in [3.8, 4) is 28.6 Å². The molecule has 0 saturated heterocycles. The Hall–Kier alpha value is -2.43. The number of ether oxygens (including phenoxy) is 1. The molecule has 0 spiro atoms. The predicted octanol–water partition coefficient (Wildman–Crippen LogP) is 1.92. The highest BCUT2D eigenvalue weighted by Gasteiger charge is 2.24. The highest BCUT2D eigenvalue weighted by atomic mass is 16.5. The van der Waals surface area contributed by atoms with Gasteiger partial charge in [-0.05, 0) is 13.0 Å². The third-order valence-electron chi connectivity index (χ3n) is 2.86. The number of aromatic hydroxyl groups is 2. The van der Waals surface area contributed by atoms with E-state index in [2.05, 4.69) is 0 Å². The first-order chi connectivity index (χ1) is 8.56. The highest BCUT2D eigenvalue weighted by Crippen LogP contribution is 2.42. The van der Waals surface area contributed by atoms with E-state index in [4.69, 9.17) is 9.15 Å². The van der Waals surface area contributed by atoms with Crippen molar-refractivity contribution in [3.63, 3.8) is 0 Å². The number of phenolic OH excluding ortho intramolecular Hbond substituents is 2. The average Bonchev–Trinajstić information content (AvgIpc) is 2.30. The Morgan fingerprint density at radius 3 is 2.67 bits per heavy atom. The summed E-state index contributed by atoms with van der Waals surface area (Å²) in [6.07, 6.45) is 0. The van der Waals surface area contributed by atoms with Crippen LogP contribution in [0.5, 0.6) is 17.2 Å². The quantitative estimate of drug-likeness (QED) is 0.694. The van der Waals surface area contributed by atoms with Gasteiger partial charge in [0.2, 0.25) is 0 Å². The Labute approximate surface area is 102 Å². The Bertz CT molecular complexity index is 699. The molecule has 2 N–H and O–H groups in total. The summed E-state index contributed by atoms with van der Waals surface area (Å²) in [6.45, 7) is 1.77. The molecule has 0 fully saturated rings. The van der Waals surface area contributed by atoms with Crippen LogP contribution in [0, 0.1) is 6.92 Å². The lowest BCUT2D eigenvalue weighted by molar-refractivity contribution is 0.289. The summed E-state index contributed by atoms with van der Waals surface area (Å²) in [4.78, 5) is 11.8. The number of hydrogen-bond acceptors (Lipinski definition) is 5. The van der Waals surface area contributed by atoms with Gasteiger partial charge in [0.25, 0.3) is 0 Å². The maximum absolute atomic E-state index is 11.8. The zero-order valence-corrected chi connectivity index (χ0v) is 9.56. The second-order valence-electron chi connectivity index (χ2n) is 4.15. The first-order valence-electron chi connectivity index (χ1n) is 5.39. The van der Waals surface area contributed by atoms with Crippen molar-refractivity contribution < 1.29 is 19.4 Å². The predicted molar refractivity (Wildman–Crippen MR) is 62.8 cm³/mol. The molecule has 0 aliphatic carbocycles. The third kappa shape index (κ3) is 1.44. The van der Waals surface area contributed by atoms with Crippen molar-refractivity contribution in [1.29, 1.82) is 0 Å². The van der Waals surface area contributed by atoms with Gasteiger partial charge >= 0.3 is 0 Å². The third-order valence-corrected chi connectivity index (χ3v) is 2.86. The van der Waals surface area contributed by atoms with Gasteiger partial charge in [-0.1, -0.05) is 0 Å². The van der Waals surface area contributed by atoms with Gasteiger partial charge in [-0.15, -0.1) is 0 Å². The van der Waals surface area contributed by atoms with E-state index in [0.29, 0.717) is 28.4 Å². The van der Waals surface area contributed by atoms with E-state index in [0.717, 1.165) is 0 Å². The van der Waals surface area contributed by atoms with Crippen LogP contribution in [0.4, 0.5) is 0 Å². The van der Waals surface area contributed by atoms with Crippen LogP contribution >= 0.6 is 0 Å². The second kappa shape index (κ2) is 3.53. The van der Waals surface area contributed by atoms with Gasteiger partial charge in [0.1, 0.15) is 23.9 Å². The molecule has 0 amide bonds. The lowest BCUT2D eigenvalue weighted by Gasteiger charge is -2.19. The molecule has 2 heterocycles. The second-order valence-corrected chi connectivity index (χ2v) is 4.15. The van der Waals surface area contributed by atoms with Crippen LogP contribution in [0.2, 0.25) is 0 Å². The molecule has 0 saturated carbocycles. The fraction of sp³-hybridized carbons (Fsp3) is 0.154. The van der Waals surface area contributed by atoms with Crippen LogP contribution in [0.1, 0.15) is 11.3 Å². The molecular formula is C13H10O5. The number of fused-ring (bicyclic) bond motifs is 3. The molecule has 0 radical (unpaired) electrons. The van der Waals surface area contributed by atoms with Crippen LogP contribution in [0.3, 0.4) is 0 Å². The molecule has 0 unspecified atom stereocenters. The fourth-order valence-electron chi connectivity index (χ4n) is 1.99. The molecule has 5 heteroatoms. The molecule has 2 aromatic rings. The van der Waals surface area contributed by atoms with Crippen LogP contribution in [-0.4, -0.2) is 10.2 Å². The monoisotopic (exact) mass is 246 g/mol. The minimum Gasteiger partial charge on any atom is -0.504 e. The summed E-state index contributed by atoms with van der Waals surface area (Å²) in [6, 6.07) is 4.02. The van der Waals surface area contributed by atoms with Gasteiger partial charge in [-0.2, -0.15) is 0 Å². The van der Waals surface area contributed by atoms with E-state index in [9.17, 15) is 15.0 Å². The molecule has 1 aliphatic rings. The molecule has 0 bridgehead atoms. The molecule has 3 rings (SSSR count). The Morgan fingerprint density at radius 2 is 1.89 bits per heavy atom. The van der Waals surface area contributed by atoms with Crippen molar-refractivity contribution >= 4 is 0 Å². The van der Waals surface area contributed by atoms with Gasteiger partial charge in [-0.25, -0.2) is 0 Å². The highest BCUT2D eigenvalue weighted by molar-refractivity contribution is 5.73. The van der Waals surface area contributed by atoms with E-state index in [1.165, 1.54) is 18.2 Å². The molecule has 5 nitrogen and oxygen atoms in total. The first kappa shape index (κ1) is 10.7. The topological polar surface area (TPSA) is 79.9 Å². The first-order valence-corrected chi connectivity index (χ1v) is 5.39. The summed E-state index contributed by atoms with van der Waals surface area (Å²) in [5, 5.41) is 18.9. The number of aryl methyl sites for hydroxylation is 1. The van der Waals surface area contributed by atoms with Crippen molar-refractivity contribution in [3.05, 3.63) is 39.7 Å². The smallest absolute Gasteiger partial charge is 0.192 e. The molecule has 0 atom stereocenters. The molecule has 18 heavy (non-hydrogen) atoms. The van der Waals surface area contributed by atoms with E-state index in [1.807, 2.05) is 0 Å². The molecular weight excluding hydrogens is 236 g/mol. The summed E-state index contributed by atoms with van der Waals surface area (Å²) in [5.74, 6) is 0.698. The van der Waals surface area contributed by atoms with Gasteiger partial charge in [-0.3, -0.25) is 4.79 Å². The van der Waals surface area contributed by atoms with Crippen molar-refractivity contribution in [1.82, 2.24) is 0 Å². The Balaban J connectivity index is 2.34. The average molecular weight is 246 g/mol. The maximum atomic E-state index is 11.8. The normalized spacial score (nSPS) is 12.5. The van der Waals surface area contributed by atoms with E-state index >= 15 is 0 Å². The van der Waals surface area contributed by atoms with Gasteiger partial charge < -0.3 is 19.4 Å². The van der Waals surface area contributed by atoms with Crippen molar-refractivity contribution in [2.75, 3.05) is 0 Å². The zero-order valence-electron chi connectivity index (χ0n) is 9.56. The van der Waals surface area contributed by atoms with E-state index in [-0.39, 0.29) is 23.5 Å². The van der Waals surface area contributed by atoms with E-state index < -0.39 is 0 Å². The van der Waals surface area contributed by atoms with E-state index in [1.54, 1.807) is 6.92 Å². The Morgan fingerprint density at radius 1 is 1.17 bits per heavy atom. The number of benzene rings is 1. The maximum Gasteiger partial charge on any atom is 0.192 e. The number of hydrogen-bond donors (Lipinski definition) is 2. The largest absolute Gasteiger partial charge is 0.504 e. The van der Waals surface area contributed by atoms with Crippen LogP contribution in [0.25, 0.3) is 11.3 Å². The van der Waals surface area contributed by atoms with Gasteiger partial charge in [0.05, 0.1) is 11.1 Å². The van der Waals surface area contributed by atoms with Crippen LogP contribution < -0.4 is 10.2 Å². The van der Waals surface area contributed by atoms with Gasteiger partial charge in [0.15, 0.2) is 16.9 Å². The summed E-state index contributed by atoms with van der Waals surface area (Å²) in [7, 11) is 0. The molecule has 92 valence electrons. The van der Waals surface area contributed by atoms with Crippen LogP contribution in [0.15, 0.2) is 27.4 Å². The summed E-state index contributed by atoms with van der Waals surface area (Å²) < 4.78 is 10.9. The Kier molecular flexibility index (Phi) is 2.10. The van der Waals surface area contributed by atoms with Crippen molar-refractivity contribution in [2.45, 2.75) is 13.5 Å². The minimum absolute atomic E-state index is 0.0924. The fourth-order valence-corrected chi connectivity index (χ4v) is 1.99. The minimum atomic E-state index is -0.283. The number of phenols is 2. The van der Waals surface area contributed by atoms with Gasteiger partial charge in [0, 0.05) is 12.1 Å². The number of rotatable bonds is 0.